The van der Waals surface area contributed by atoms with Crippen molar-refractivity contribution >= 4 is 52.1 Å². The van der Waals surface area contributed by atoms with Gasteiger partial charge in [-0.25, -0.2) is 0 Å². The number of rotatable bonds is 18. The second kappa shape index (κ2) is 15.8. The molecule has 0 aliphatic carbocycles. The van der Waals surface area contributed by atoms with Gasteiger partial charge in [-0.3, -0.25) is 8.37 Å². The molecule has 1 rings (SSSR count). The Hall–Kier alpha value is -0.000000000000000111. The van der Waals surface area contributed by atoms with Crippen molar-refractivity contribution < 1.29 is 25.2 Å². The van der Waals surface area contributed by atoms with Crippen LogP contribution in [0.1, 0.15) is 90.9 Å². The SMILES string of the molecule is CCCCCCCCOS(=O)(=O)c1cc(Br)c(S(=O)(=O)OCCCCCCCC)cc1Br. The number of unbranched alkanes of at least 4 members (excludes halogenated alkanes) is 10. The van der Waals surface area contributed by atoms with Gasteiger partial charge in [0, 0.05) is 8.95 Å². The van der Waals surface area contributed by atoms with E-state index in [1.807, 2.05) is 0 Å². The second-order valence-corrected chi connectivity index (χ2v) is 12.7. The quantitative estimate of drug-likeness (QED) is 0.126. The molecule has 0 aromatic heterocycles. The lowest BCUT2D eigenvalue weighted by atomic mass is 10.1. The van der Waals surface area contributed by atoms with E-state index >= 15 is 0 Å². The van der Waals surface area contributed by atoms with E-state index in [9.17, 15) is 16.8 Å². The summed E-state index contributed by atoms with van der Waals surface area (Å²) in [6.07, 6.45) is 12.2. The summed E-state index contributed by atoms with van der Waals surface area (Å²) in [6, 6.07) is 2.48. The molecular weight excluding hydrogens is 584 g/mol. The van der Waals surface area contributed by atoms with Gasteiger partial charge in [-0.1, -0.05) is 78.1 Å². The third kappa shape index (κ3) is 11.0. The fourth-order valence-corrected chi connectivity index (χ4v) is 7.35. The molecule has 6 nitrogen and oxygen atoms in total. The highest BCUT2D eigenvalue weighted by molar-refractivity contribution is 9.11. The highest BCUT2D eigenvalue weighted by Crippen LogP contribution is 2.33. The topological polar surface area (TPSA) is 86.7 Å². The summed E-state index contributed by atoms with van der Waals surface area (Å²) in [7, 11) is -8.04. The molecule has 0 aliphatic heterocycles. The normalized spacial score (nSPS) is 12.4. The summed E-state index contributed by atoms with van der Waals surface area (Å²) in [6.45, 7) is 4.48. The number of halogens is 2. The van der Waals surface area contributed by atoms with E-state index in [4.69, 9.17) is 8.37 Å². The lowest BCUT2D eigenvalue weighted by Gasteiger charge is -2.12. The first-order chi connectivity index (χ1) is 15.2. The zero-order chi connectivity index (χ0) is 24.0. The standard InChI is InChI=1S/C22H36Br2O6S2/c1-3-5-7-9-11-13-15-29-31(25,26)21-17-20(24)22(18-19(21)23)32(27,28)30-16-14-12-10-8-6-4-2/h17-18H,3-16H2,1-2H3. The van der Waals surface area contributed by atoms with Crippen molar-refractivity contribution in [3.8, 4) is 0 Å². The molecule has 10 heteroatoms. The fraction of sp³-hybridized carbons (Fsp3) is 0.727. The van der Waals surface area contributed by atoms with Gasteiger partial charge in [0.2, 0.25) is 0 Å². The van der Waals surface area contributed by atoms with Crippen molar-refractivity contribution in [3.63, 3.8) is 0 Å². The van der Waals surface area contributed by atoms with Crippen LogP contribution >= 0.6 is 31.9 Å². The molecular formula is C22H36Br2O6S2. The van der Waals surface area contributed by atoms with Gasteiger partial charge in [-0.2, -0.15) is 16.8 Å². The third-order valence-corrected chi connectivity index (χ3v) is 9.54. The van der Waals surface area contributed by atoms with Crippen LogP contribution in [0.5, 0.6) is 0 Å². The summed E-state index contributed by atoms with van der Waals surface area (Å²) in [5.74, 6) is 0. The third-order valence-electron chi connectivity index (χ3n) is 5.00. The van der Waals surface area contributed by atoms with Crippen molar-refractivity contribution in [3.05, 3.63) is 21.1 Å². The zero-order valence-electron chi connectivity index (χ0n) is 19.1. The second-order valence-electron chi connectivity index (χ2n) is 7.80. The summed E-state index contributed by atoms with van der Waals surface area (Å²) >= 11 is 6.36. The Bertz CT molecular complexity index is 812. The van der Waals surface area contributed by atoms with E-state index in [0.717, 1.165) is 51.4 Å². The maximum atomic E-state index is 12.6. The lowest BCUT2D eigenvalue weighted by Crippen LogP contribution is -2.12. The molecule has 0 bridgehead atoms. The van der Waals surface area contributed by atoms with Crippen molar-refractivity contribution in [1.29, 1.82) is 0 Å². The molecule has 0 atom stereocenters. The van der Waals surface area contributed by atoms with Crippen molar-refractivity contribution in [2.24, 2.45) is 0 Å². The molecule has 0 saturated heterocycles. The zero-order valence-corrected chi connectivity index (χ0v) is 23.9. The van der Waals surface area contributed by atoms with Crippen LogP contribution in [-0.4, -0.2) is 30.0 Å². The van der Waals surface area contributed by atoms with Crippen molar-refractivity contribution in [2.75, 3.05) is 13.2 Å². The van der Waals surface area contributed by atoms with E-state index in [-0.39, 0.29) is 32.0 Å². The summed E-state index contributed by atoms with van der Waals surface area (Å²) in [4.78, 5) is -0.240. The van der Waals surface area contributed by atoms with E-state index in [1.165, 1.54) is 25.0 Å². The summed E-state index contributed by atoms with van der Waals surface area (Å²) < 4.78 is 60.8. The number of benzene rings is 1. The predicted octanol–water partition coefficient (Wildman–Crippen LogP) is 7.34. The largest absolute Gasteiger partial charge is 0.298 e. The summed E-state index contributed by atoms with van der Waals surface area (Å²) in [5, 5.41) is 0. The van der Waals surface area contributed by atoms with Gasteiger partial charge in [0.25, 0.3) is 20.2 Å². The Labute approximate surface area is 211 Å². The van der Waals surface area contributed by atoms with Gasteiger partial charge in [-0.15, -0.1) is 0 Å². The highest BCUT2D eigenvalue weighted by atomic mass is 79.9. The van der Waals surface area contributed by atoms with E-state index in [0.29, 0.717) is 12.8 Å². The molecule has 0 heterocycles. The molecule has 1 aromatic rings. The molecule has 1 aromatic carbocycles. The predicted molar refractivity (Wildman–Crippen MR) is 135 cm³/mol. The van der Waals surface area contributed by atoms with Crippen LogP contribution in [0.4, 0.5) is 0 Å². The Kier molecular flexibility index (Phi) is 14.8. The first-order valence-corrected chi connectivity index (χ1v) is 15.8. The van der Waals surface area contributed by atoms with Crippen LogP contribution in [0.3, 0.4) is 0 Å². The molecule has 0 spiro atoms. The Morgan fingerprint density at radius 2 is 0.906 bits per heavy atom. The maximum absolute atomic E-state index is 12.6. The molecule has 0 unspecified atom stereocenters. The van der Waals surface area contributed by atoms with Gasteiger partial charge in [0.05, 0.1) is 13.2 Å². The summed E-state index contributed by atoms with van der Waals surface area (Å²) in [5.41, 5.74) is 0. The first kappa shape index (κ1) is 30.0. The van der Waals surface area contributed by atoms with Gasteiger partial charge in [-0.05, 0) is 56.8 Å². The molecule has 0 N–H and O–H groups in total. The first-order valence-electron chi connectivity index (χ1n) is 11.4. The van der Waals surface area contributed by atoms with Crippen LogP contribution in [0.2, 0.25) is 0 Å². The Morgan fingerprint density at radius 1 is 0.594 bits per heavy atom. The Balaban J connectivity index is 2.68. The maximum Gasteiger partial charge on any atom is 0.298 e. The van der Waals surface area contributed by atoms with Crippen LogP contribution in [0.15, 0.2) is 30.9 Å². The minimum Gasteiger partial charge on any atom is -0.266 e. The molecule has 0 aliphatic rings. The van der Waals surface area contributed by atoms with Crippen molar-refractivity contribution in [1.82, 2.24) is 0 Å². The Morgan fingerprint density at radius 3 is 1.25 bits per heavy atom. The molecule has 0 radical (unpaired) electrons. The van der Waals surface area contributed by atoms with E-state index in [1.54, 1.807) is 0 Å². The van der Waals surface area contributed by atoms with Gasteiger partial charge >= 0.3 is 0 Å². The highest BCUT2D eigenvalue weighted by Gasteiger charge is 2.26. The smallest absolute Gasteiger partial charge is 0.266 e. The van der Waals surface area contributed by atoms with Crippen LogP contribution in [0, 0.1) is 0 Å². The number of hydrogen-bond acceptors (Lipinski definition) is 6. The minimum atomic E-state index is -4.02. The van der Waals surface area contributed by atoms with E-state index < -0.39 is 20.2 Å². The van der Waals surface area contributed by atoms with Crippen LogP contribution in [-0.2, 0) is 28.6 Å². The average molecular weight is 620 g/mol. The van der Waals surface area contributed by atoms with Gasteiger partial charge in [0.15, 0.2) is 0 Å². The lowest BCUT2D eigenvalue weighted by molar-refractivity contribution is 0.304. The molecule has 32 heavy (non-hydrogen) atoms. The molecule has 0 amide bonds. The number of hydrogen-bond donors (Lipinski definition) is 0. The van der Waals surface area contributed by atoms with Crippen LogP contribution < -0.4 is 0 Å². The molecule has 0 saturated carbocycles. The van der Waals surface area contributed by atoms with Gasteiger partial charge in [0.1, 0.15) is 9.79 Å². The van der Waals surface area contributed by atoms with E-state index in [2.05, 4.69) is 45.7 Å². The average Bonchev–Trinajstić information content (AvgIpc) is 2.73. The van der Waals surface area contributed by atoms with Crippen molar-refractivity contribution in [2.45, 2.75) is 101 Å². The fourth-order valence-electron chi connectivity index (χ4n) is 3.12. The van der Waals surface area contributed by atoms with Crippen LogP contribution in [0.25, 0.3) is 0 Å². The monoisotopic (exact) mass is 618 g/mol. The van der Waals surface area contributed by atoms with Gasteiger partial charge < -0.3 is 0 Å². The molecule has 0 fully saturated rings. The minimum absolute atomic E-state index is 0.0972. The molecule has 186 valence electrons.